The number of esters is 1. The van der Waals surface area contributed by atoms with Crippen LogP contribution < -0.4 is 24.4 Å². The van der Waals surface area contributed by atoms with Gasteiger partial charge in [-0.3, -0.25) is 4.79 Å². The molecule has 0 atom stereocenters. The molecule has 1 fully saturated rings. The number of hydrogen-bond donors (Lipinski definition) is 1. The van der Waals surface area contributed by atoms with Gasteiger partial charge in [-0.1, -0.05) is 84.4 Å². The molecule has 12 nitrogen and oxygen atoms in total. The maximum Gasteiger partial charge on any atom is 2.00 e. The van der Waals surface area contributed by atoms with Gasteiger partial charge in [0.1, 0.15) is 29.6 Å². The topological polar surface area (TPSA) is 133 Å². The fourth-order valence-corrected chi connectivity index (χ4v) is 11.0. The molecule has 112 heavy (non-hydrogen) atoms. The van der Waals surface area contributed by atoms with Crippen LogP contribution in [-0.4, -0.2) is 45.4 Å². The van der Waals surface area contributed by atoms with E-state index in [2.05, 4.69) is 117 Å². The number of hydrogen-bond acceptors (Lipinski definition) is 15. The molecule has 32 heteroatoms. The van der Waals surface area contributed by atoms with Crippen LogP contribution in [0.2, 0.25) is 0 Å². The number of nitrogens with zero attached hydrogens (tertiary/aromatic N) is 6. The monoisotopic (exact) mass is 1770 g/mol. The average Bonchev–Trinajstić information content (AvgIpc) is 1.53. The molecule has 0 N–H and O–H groups in total. The zero-order valence-electron chi connectivity index (χ0n) is 59.9. The van der Waals surface area contributed by atoms with Crippen molar-refractivity contribution in [3.63, 3.8) is 0 Å². The normalized spacial score (nSPS) is 13.1. The van der Waals surface area contributed by atoms with Crippen LogP contribution >= 0.6 is 51.8 Å². The summed E-state index contributed by atoms with van der Waals surface area (Å²) >= 11 is 7.81. The molecule has 0 unspecified atom stereocenters. The molecule has 0 aliphatic heterocycles. The summed E-state index contributed by atoms with van der Waals surface area (Å²) in [4.78, 5) is 22.1. The number of thiol groups is 1. The standard InChI is InChI=1S/C41H36N3O3S3.C29H29N3O3.2C5H5.2F6P.3Fe/c1-3-44(26-27-46-41(45)30-6-4-5-7-30)32-10-25-40(29(2)28-32)43-42-31-8-11-33(12-9-31)47-34-13-17-36(18-14-34)49-38-21-23-39(24-22-38)50-37-19-15-35(48)16-20-37;1-3-32(19-20-34-29(33)23-9-7-8-10-23)25-15-18-28(22(2)21-25)31-30-24-13-16-27(17-14-24)35-26-11-5-4-6-12-26;2*1-2-4-5-3-1;2*1-7(2,3,4,5)6;;;/h4-25,28,48H,3,26-27H2,1-2H3;4-18,21,33H,3,19-20H2,1-2H3;2*1-5H;;;;;/q-1;;4*-1;3*+2/p-1. The third-order valence-electron chi connectivity index (χ3n) is 14.3. The van der Waals surface area contributed by atoms with Crippen molar-refractivity contribution < 1.29 is 130 Å². The third kappa shape index (κ3) is 41.5. The Morgan fingerprint density at radius 3 is 1.21 bits per heavy atom. The summed E-state index contributed by atoms with van der Waals surface area (Å²) in [6, 6.07) is 78.9. The summed E-state index contributed by atoms with van der Waals surface area (Å²) in [6.07, 6.45) is 17.2. The van der Waals surface area contributed by atoms with Crippen molar-refractivity contribution >= 4 is 91.9 Å². The van der Waals surface area contributed by atoms with E-state index in [4.69, 9.17) is 18.9 Å². The van der Waals surface area contributed by atoms with Crippen molar-refractivity contribution in [2.75, 3.05) is 49.2 Å². The molecule has 0 aromatic heterocycles. The Morgan fingerprint density at radius 2 is 0.857 bits per heavy atom. The van der Waals surface area contributed by atoms with Crippen molar-refractivity contribution in [3.8, 4) is 23.0 Å². The number of rotatable bonds is 24. The zero-order valence-corrected chi connectivity index (χ0v) is 67.5. The van der Waals surface area contributed by atoms with Gasteiger partial charge in [-0.05, 0) is 214 Å². The summed E-state index contributed by atoms with van der Waals surface area (Å²) in [7, 11) is -21.3. The van der Waals surface area contributed by atoms with Crippen LogP contribution in [0.1, 0.15) is 35.3 Å². The molecule has 0 amide bonds. The van der Waals surface area contributed by atoms with E-state index in [0.717, 1.165) is 91.1 Å². The number of para-hydroxylation sites is 1. The molecule has 1 saturated carbocycles. The number of azo groups is 2. The van der Waals surface area contributed by atoms with Gasteiger partial charge in [0.25, 0.3) is 5.97 Å². The number of likely N-dealkylation sites (N-methyl/N-ethyl adjacent to an activating group) is 2. The quantitative estimate of drug-likeness (QED) is 0.00911. The average molecular weight is 1770 g/mol. The predicted octanol–water partition coefficient (Wildman–Crippen LogP) is 28.1. The van der Waals surface area contributed by atoms with Crippen molar-refractivity contribution in [3.05, 3.63) is 327 Å². The van der Waals surface area contributed by atoms with Gasteiger partial charge in [-0.2, -0.15) is 75.8 Å². The maximum atomic E-state index is 12.1. The molecule has 0 bridgehead atoms. The van der Waals surface area contributed by atoms with Gasteiger partial charge in [0.05, 0.1) is 35.2 Å². The first kappa shape index (κ1) is 96.1. The van der Waals surface area contributed by atoms with Crippen LogP contribution in [0.25, 0.3) is 0 Å². The number of ether oxygens (including phenoxy) is 4. The third-order valence-corrected chi connectivity index (χ3v) is 16.7. The number of carbonyl (C=O) groups excluding carboxylic acids is 1. The van der Waals surface area contributed by atoms with Crippen LogP contribution in [-0.2, 0) is 60.7 Å². The fraction of sp³-hybridized carbons (Fsp3) is 0.125. The van der Waals surface area contributed by atoms with E-state index in [1.165, 1.54) is 14.7 Å². The second kappa shape index (κ2) is 43.9. The molecule has 12 rings (SSSR count). The van der Waals surface area contributed by atoms with Crippen molar-refractivity contribution in [1.29, 1.82) is 0 Å². The number of aryl methyl sites for hydroxylation is 2. The molecular weight excluding hydrogens is 1690 g/mol. The smallest absolute Gasteiger partial charge is 0.326 e. The van der Waals surface area contributed by atoms with Crippen molar-refractivity contribution in [2.45, 2.75) is 52.2 Å². The van der Waals surface area contributed by atoms with Gasteiger partial charge in [0, 0.05) is 62.1 Å². The van der Waals surface area contributed by atoms with Gasteiger partial charge >= 0.3 is 117 Å². The van der Waals surface area contributed by atoms with E-state index < -0.39 is 15.6 Å². The Labute approximate surface area is 689 Å². The minimum atomic E-state index is -10.7. The Bertz CT molecular complexity index is 4540. The van der Waals surface area contributed by atoms with Gasteiger partial charge in [-0.15, -0.1) is 12.6 Å². The number of carbonyl (C=O) groups is 1. The summed E-state index contributed by atoms with van der Waals surface area (Å²) in [5.74, 6) is 2.43. The first-order valence-electron chi connectivity index (χ1n) is 33.2. The molecule has 4 radical (unpaired) electrons. The Morgan fingerprint density at radius 1 is 0.473 bits per heavy atom. The molecule has 0 heterocycles. The molecule has 0 spiro atoms. The van der Waals surface area contributed by atoms with E-state index in [-0.39, 0.29) is 63.1 Å². The summed E-state index contributed by atoms with van der Waals surface area (Å²) < 4.78 is 141. The maximum absolute atomic E-state index is 12.1. The second-order valence-corrected chi connectivity index (χ2v) is 29.8. The predicted molar refractivity (Wildman–Crippen MR) is 415 cm³/mol. The van der Waals surface area contributed by atoms with Gasteiger partial charge in [0.15, 0.2) is 0 Å². The summed E-state index contributed by atoms with van der Waals surface area (Å²) in [5, 5.41) is 29.8. The Balaban J connectivity index is 0.000000365. The van der Waals surface area contributed by atoms with Crippen LogP contribution in [0.3, 0.4) is 0 Å². The van der Waals surface area contributed by atoms with Crippen LogP contribution in [0, 0.1) is 46.0 Å². The number of halogens is 12. The summed E-state index contributed by atoms with van der Waals surface area (Å²) in [5.41, 5.74) is 8.35. The van der Waals surface area contributed by atoms with Crippen molar-refractivity contribution in [1.82, 2.24) is 0 Å². The number of benzene rings is 8. The molecule has 10 aromatic carbocycles. The first-order valence-corrected chi connectivity index (χ1v) is 39.3. The largest absolute Gasteiger partial charge is 2.00 e. The van der Waals surface area contributed by atoms with E-state index in [0.29, 0.717) is 37.4 Å². The van der Waals surface area contributed by atoms with Crippen LogP contribution in [0.5, 0.6) is 23.0 Å². The first-order chi connectivity index (χ1) is 51.4. The van der Waals surface area contributed by atoms with Gasteiger partial charge < -0.3 is 40.3 Å². The van der Waals surface area contributed by atoms with E-state index in [9.17, 15) is 60.3 Å². The van der Waals surface area contributed by atoms with Crippen LogP contribution in [0.15, 0.2) is 323 Å². The molecule has 2 aliphatic carbocycles. The van der Waals surface area contributed by atoms with E-state index >= 15 is 0 Å². The van der Waals surface area contributed by atoms with E-state index in [1.54, 1.807) is 47.8 Å². The minimum Gasteiger partial charge on any atom is -0.326 e. The van der Waals surface area contributed by atoms with Gasteiger partial charge in [0.2, 0.25) is 0 Å². The minimum absolute atomic E-state index is 0. The number of anilines is 2. The Kier molecular flexibility index (Phi) is 37.7. The SMILES string of the molecule is CCN(CCOC(=O)c1cc[cH-]c1)c1ccc(N=Nc2ccc(Oc3ccc(Sc4ccc(Sc5ccc(S)cc5)cc4)cc3)cc2)c(C)c1.CCN(CCOC([O-])=C1C=CC=C1)c1ccc(N=Nc2ccc(Oc3ccccc3)cc2)c(C)c1.F[P-](F)(F)(F)(F)F.F[P-](F)(F)(F)(F)F.[CH]1[CH][CH][CH-][CH]1.[Fe+2].[Fe+2].[Fe+2].c1cc[cH-]c1. The molecule has 0 saturated heterocycles. The second-order valence-electron chi connectivity index (χ2n) is 23.1. The van der Waals surface area contributed by atoms with Crippen molar-refractivity contribution in [2.24, 2.45) is 20.5 Å². The van der Waals surface area contributed by atoms with E-state index in [1.807, 2.05) is 228 Å². The zero-order chi connectivity index (χ0) is 79.1. The fourth-order valence-electron chi connectivity index (χ4n) is 9.25. The molecule has 596 valence electrons. The summed E-state index contributed by atoms with van der Waals surface area (Å²) in [6.45, 7) is 11.6. The molecule has 2 aliphatic rings. The van der Waals surface area contributed by atoms with Crippen LogP contribution in [0.4, 0.5) is 84.5 Å². The Hall–Kier alpha value is -8.22. The van der Waals surface area contributed by atoms with Gasteiger partial charge in [-0.25, -0.2) is 12.1 Å². The molecular formula is C80H74F12Fe3N6O6P2S3. The number of allylic oxidation sites excluding steroid dienone is 5. The molecule has 10 aromatic rings.